The molecule has 0 aliphatic rings. The number of aromatic nitrogens is 1. The van der Waals surface area contributed by atoms with Crippen LogP contribution in [-0.2, 0) is 0 Å². The number of hydrogen-bond acceptors (Lipinski definition) is 1. The van der Waals surface area contributed by atoms with Crippen LogP contribution in [0, 0.1) is 17.9 Å². The molecule has 0 N–H and O–H groups in total. The minimum atomic E-state index is -0.572. The molecule has 10 heavy (non-hydrogen) atoms. The van der Waals surface area contributed by atoms with E-state index < -0.39 is 5.82 Å². The van der Waals surface area contributed by atoms with E-state index in [0.717, 1.165) is 6.20 Å². The summed E-state index contributed by atoms with van der Waals surface area (Å²) in [5.74, 6) is -0.572. The van der Waals surface area contributed by atoms with Crippen molar-refractivity contribution in [3.63, 3.8) is 0 Å². The summed E-state index contributed by atoms with van der Waals surface area (Å²) in [5.41, 5.74) is 0.441. The SMILES string of the molecule is Cc1cc(F)c[n+]([O-])c1Cl. The molecular weight excluding hydrogens is 157 g/mol. The van der Waals surface area contributed by atoms with Crippen LogP contribution in [0.25, 0.3) is 0 Å². The molecule has 0 bridgehead atoms. The molecule has 0 aliphatic carbocycles. The molecule has 0 saturated carbocycles. The van der Waals surface area contributed by atoms with E-state index in [1.165, 1.54) is 6.07 Å². The van der Waals surface area contributed by atoms with E-state index >= 15 is 0 Å². The summed E-state index contributed by atoms with van der Waals surface area (Å²) in [6.07, 6.45) is 0.787. The number of rotatable bonds is 0. The number of pyridine rings is 1. The number of aryl methyl sites for hydroxylation is 1. The highest BCUT2D eigenvalue weighted by molar-refractivity contribution is 6.29. The molecule has 2 nitrogen and oxygen atoms in total. The van der Waals surface area contributed by atoms with Gasteiger partial charge in [-0.1, -0.05) is 0 Å². The van der Waals surface area contributed by atoms with Crippen LogP contribution in [-0.4, -0.2) is 0 Å². The molecule has 0 aliphatic heterocycles. The van der Waals surface area contributed by atoms with Crippen LogP contribution in [0.15, 0.2) is 12.3 Å². The third-order valence-electron chi connectivity index (χ3n) is 1.11. The van der Waals surface area contributed by atoms with Crippen LogP contribution in [0.2, 0.25) is 5.15 Å². The fraction of sp³-hybridized carbons (Fsp3) is 0.167. The first-order chi connectivity index (χ1) is 4.61. The summed E-state index contributed by atoms with van der Waals surface area (Å²) in [7, 11) is 0. The number of hydrogen-bond donors (Lipinski definition) is 0. The second-order valence-electron chi connectivity index (χ2n) is 1.96. The molecule has 0 atom stereocenters. The van der Waals surface area contributed by atoms with Gasteiger partial charge in [0, 0.05) is 5.56 Å². The Balaban J connectivity index is 3.31. The Bertz CT molecular complexity index is 241. The van der Waals surface area contributed by atoms with Crippen molar-refractivity contribution < 1.29 is 9.12 Å². The van der Waals surface area contributed by atoms with Crippen LogP contribution in [0.1, 0.15) is 5.56 Å². The number of halogens is 2. The maximum Gasteiger partial charge on any atom is 0.289 e. The lowest BCUT2D eigenvalue weighted by Gasteiger charge is -1.99. The fourth-order valence-corrected chi connectivity index (χ4v) is 0.750. The fourth-order valence-electron chi connectivity index (χ4n) is 0.646. The van der Waals surface area contributed by atoms with Gasteiger partial charge in [0.1, 0.15) is 0 Å². The van der Waals surface area contributed by atoms with Gasteiger partial charge in [-0.15, -0.1) is 0 Å². The summed E-state index contributed by atoms with van der Waals surface area (Å²) < 4.78 is 12.6. The summed E-state index contributed by atoms with van der Waals surface area (Å²) in [6, 6.07) is 1.21. The molecule has 1 aromatic heterocycles. The topological polar surface area (TPSA) is 26.9 Å². The van der Waals surface area contributed by atoms with Gasteiger partial charge in [0.05, 0.1) is 0 Å². The van der Waals surface area contributed by atoms with Gasteiger partial charge >= 0.3 is 0 Å². The van der Waals surface area contributed by atoms with Crippen molar-refractivity contribution in [1.82, 2.24) is 0 Å². The monoisotopic (exact) mass is 161 g/mol. The Hall–Kier alpha value is -0.830. The zero-order chi connectivity index (χ0) is 7.72. The first-order valence-electron chi connectivity index (χ1n) is 2.66. The van der Waals surface area contributed by atoms with Crippen molar-refractivity contribution in [3.8, 4) is 0 Å². The highest BCUT2D eigenvalue weighted by Gasteiger charge is 2.07. The lowest BCUT2D eigenvalue weighted by atomic mass is 10.3. The van der Waals surface area contributed by atoms with Crippen molar-refractivity contribution in [2.75, 3.05) is 0 Å². The average molecular weight is 162 g/mol. The predicted molar refractivity (Wildman–Crippen MR) is 35.1 cm³/mol. The second kappa shape index (κ2) is 2.42. The van der Waals surface area contributed by atoms with Gasteiger partial charge in [0.25, 0.3) is 5.15 Å². The smallest absolute Gasteiger partial charge is 0.289 e. The second-order valence-corrected chi connectivity index (χ2v) is 2.32. The normalized spacial score (nSPS) is 9.90. The van der Waals surface area contributed by atoms with Crippen molar-refractivity contribution in [2.45, 2.75) is 6.92 Å². The van der Waals surface area contributed by atoms with E-state index in [9.17, 15) is 9.60 Å². The first-order valence-corrected chi connectivity index (χ1v) is 3.04. The van der Waals surface area contributed by atoms with E-state index in [0.29, 0.717) is 10.3 Å². The molecule has 1 rings (SSSR count). The minimum Gasteiger partial charge on any atom is -0.618 e. The van der Waals surface area contributed by atoms with Gasteiger partial charge in [-0.3, -0.25) is 0 Å². The summed E-state index contributed by atoms with van der Waals surface area (Å²) in [5, 5.41) is 10.6. The van der Waals surface area contributed by atoms with E-state index in [4.69, 9.17) is 11.6 Å². The average Bonchev–Trinajstić information content (AvgIpc) is 1.82. The van der Waals surface area contributed by atoms with Crippen LogP contribution >= 0.6 is 11.6 Å². The van der Waals surface area contributed by atoms with E-state index in [1.807, 2.05) is 0 Å². The van der Waals surface area contributed by atoms with Gasteiger partial charge in [-0.05, 0) is 24.6 Å². The largest absolute Gasteiger partial charge is 0.618 e. The van der Waals surface area contributed by atoms with E-state index in [-0.39, 0.29) is 5.15 Å². The van der Waals surface area contributed by atoms with Gasteiger partial charge in [-0.25, -0.2) is 4.39 Å². The summed E-state index contributed by atoms with van der Waals surface area (Å²) in [4.78, 5) is 0. The van der Waals surface area contributed by atoms with Crippen LogP contribution in [0.5, 0.6) is 0 Å². The van der Waals surface area contributed by atoms with E-state index in [2.05, 4.69) is 0 Å². The van der Waals surface area contributed by atoms with Crippen molar-refractivity contribution >= 4 is 11.6 Å². The van der Waals surface area contributed by atoms with Crippen molar-refractivity contribution in [2.24, 2.45) is 0 Å². The lowest BCUT2D eigenvalue weighted by molar-refractivity contribution is -0.605. The molecule has 1 heterocycles. The summed E-state index contributed by atoms with van der Waals surface area (Å²) in [6.45, 7) is 1.57. The van der Waals surface area contributed by atoms with Crippen LogP contribution in [0.4, 0.5) is 4.39 Å². The first kappa shape index (κ1) is 7.28. The Morgan fingerprint density at radius 1 is 1.70 bits per heavy atom. The molecular formula is C6H5ClFNO. The standard InChI is InChI=1S/C6H5ClFNO/c1-4-2-5(8)3-9(10)6(4)7/h2-3H,1H3. The maximum atomic E-state index is 12.3. The highest BCUT2D eigenvalue weighted by Crippen LogP contribution is 2.09. The molecule has 0 radical (unpaired) electrons. The van der Waals surface area contributed by atoms with Crippen molar-refractivity contribution in [3.05, 3.63) is 34.0 Å². The maximum absolute atomic E-state index is 12.3. The van der Waals surface area contributed by atoms with Crippen LogP contribution in [0.3, 0.4) is 0 Å². The Kier molecular flexibility index (Phi) is 1.76. The Morgan fingerprint density at radius 3 is 2.80 bits per heavy atom. The molecule has 0 amide bonds. The predicted octanol–water partition coefficient (Wildman–Crippen LogP) is 1.42. The van der Waals surface area contributed by atoms with Crippen LogP contribution < -0.4 is 4.73 Å². The van der Waals surface area contributed by atoms with Gasteiger partial charge in [0.2, 0.25) is 6.20 Å². The molecule has 1 aromatic rings. The van der Waals surface area contributed by atoms with Gasteiger partial charge in [-0.2, -0.15) is 4.73 Å². The quantitative estimate of drug-likeness (QED) is 0.321. The van der Waals surface area contributed by atoms with Gasteiger partial charge in [0.15, 0.2) is 5.82 Å². The zero-order valence-electron chi connectivity index (χ0n) is 5.27. The molecule has 54 valence electrons. The zero-order valence-corrected chi connectivity index (χ0v) is 6.02. The molecule has 0 saturated heterocycles. The van der Waals surface area contributed by atoms with Crippen molar-refractivity contribution in [1.29, 1.82) is 0 Å². The summed E-state index contributed by atoms with van der Waals surface area (Å²) >= 11 is 5.43. The lowest BCUT2D eigenvalue weighted by Crippen LogP contribution is -2.28. The molecule has 0 fully saturated rings. The highest BCUT2D eigenvalue weighted by atomic mass is 35.5. The molecule has 4 heteroatoms. The third kappa shape index (κ3) is 1.19. The molecule has 0 spiro atoms. The Morgan fingerprint density at radius 2 is 2.30 bits per heavy atom. The molecule has 0 unspecified atom stereocenters. The van der Waals surface area contributed by atoms with E-state index in [1.54, 1.807) is 6.92 Å². The number of nitrogens with zero attached hydrogens (tertiary/aromatic N) is 1. The molecule has 0 aromatic carbocycles. The minimum absolute atomic E-state index is 0.0152. The Labute approximate surface area is 62.4 Å². The van der Waals surface area contributed by atoms with Gasteiger partial charge < -0.3 is 5.21 Å². The third-order valence-corrected chi connectivity index (χ3v) is 1.58.